The smallest absolute Gasteiger partial charge is 0.219 e. The summed E-state index contributed by atoms with van der Waals surface area (Å²) >= 11 is 0. The fourth-order valence-electron chi connectivity index (χ4n) is 3.96. The first-order valence-corrected chi connectivity index (χ1v) is 11.1. The predicted molar refractivity (Wildman–Crippen MR) is 128 cm³/mol. The molecule has 7 heteroatoms. The van der Waals surface area contributed by atoms with E-state index in [1.165, 1.54) is 11.8 Å². The van der Waals surface area contributed by atoms with E-state index in [0.29, 0.717) is 35.7 Å². The molecule has 176 valence electrons. The number of amidine groups is 1. The van der Waals surface area contributed by atoms with Crippen LogP contribution in [0.1, 0.15) is 67.2 Å². The highest BCUT2D eigenvalue weighted by atomic mass is 16.5. The van der Waals surface area contributed by atoms with Gasteiger partial charge in [0.2, 0.25) is 5.91 Å². The molecular formula is C26H33N3O4. The zero-order valence-corrected chi connectivity index (χ0v) is 20.3. The van der Waals surface area contributed by atoms with Crippen LogP contribution in [0.2, 0.25) is 0 Å². The number of ether oxygens (including phenoxy) is 1. The van der Waals surface area contributed by atoms with Crippen LogP contribution in [0.5, 0.6) is 11.5 Å². The normalized spacial score (nSPS) is 13.2. The Labute approximate surface area is 195 Å². The van der Waals surface area contributed by atoms with Crippen molar-refractivity contribution in [1.29, 1.82) is 5.41 Å². The maximum atomic E-state index is 13.3. The molecule has 0 saturated carbocycles. The van der Waals surface area contributed by atoms with E-state index in [1.54, 1.807) is 24.1 Å². The van der Waals surface area contributed by atoms with E-state index in [-0.39, 0.29) is 30.5 Å². The SMILES string of the molecule is CCOc1ccc2c(c1)CN(CC(=O)c1cc(CN(C)C(C)=O)c(O)c(C(C)(C)C)c1)C2=N. The van der Waals surface area contributed by atoms with E-state index in [1.807, 2.05) is 45.9 Å². The largest absolute Gasteiger partial charge is 0.507 e. The first-order chi connectivity index (χ1) is 15.4. The van der Waals surface area contributed by atoms with Crippen molar-refractivity contribution in [3.05, 3.63) is 58.1 Å². The number of carbonyl (C=O) groups excluding carboxylic acids is 2. The van der Waals surface area contributed by atoms with Crippen molar-refractivity contribution in [1.82, 2.24) is 9.80 Å². The predicted octanol–water partition coefficient (Wildman–Crippen LogP) is 4.09. The third-order valence-electron chi connectivity index (χ3n) is 5.92. The van der Waals surface area contributed by atoms with Crippen LogP contribution in [0.3, 0.4) is 0 Å². The first kappa shape index (κ1) is 24.3. The molecule has 0 saturated heterocycles. The highest BCUT2D eigenvalue weighted by molar-refractivity contribution is 6.05. The molecule has 0 aromatic heterocycles. The van der Waals surface area contributed by atoms with E-state index >= 15 is 0 Å². The van der Waals surface area contributed by atoms with Gasteiger partial charge in [0.15, 0.2) is 5.78 Å². The fraction of sp³-hybridized carbons (Fsp3) is 0.423. The summed E-state index contributed by atoms with van der Waals surface area (Å²) in [5.74, 6) is 0.905. The third-order valence-corrected chi connectivity index (χ3v) is 5.92. The Bertz CT molecular complexity index is 1100. The van der Waals surface area contributed by atoms with Gasteiger partial charge in [-0.3, -0.25) is 15.0 Å². The molecule has 0 radical (unpaired) electrons. The van der Waals surface area contributed by atoms with Crippen molar-refractivity contribution in [3.63, 3.8) is 0 Å². The summed E-state index contributed by atoms with van der Waals surface area (Å²) in [6.07, 6.45) is 0. The fourth-order valence-corrected chi connectivity index (χ4v) is 3.96. The Kier molecular flexibility index (Phi) is 6.81. The number of amides is 1. The number of rotatable bonds is 7. The molecule has 0 spiro atoms. The third kappa shape index (κ3) is 5.18. The lowest BCUT2D eigenvalue weighted by Crippen LogP contribution is -2.30. The highest BCUT2D eigenvalue weighted by Gasteiger charge is 2.28. The maximum absolute atomic E-state index is 13.3. The average molecular weight is 452 g/mol. The second-order valence-electron chi connectivity index (χ2n) is 9.54. The molecular weight excluding hydrogens is 418 g/mol. The standard InChI is InChI=1S/C26H33N3O4/c1-7-33-20-8-9-21-18(11-20)14-29(25(21)27)15-23(31)17-10-19(13-28(6)16(2)30)24(32)22(12-17)26(3,4)5/h8-12,27,32H,7,13-15H2,1-6H3. The molecule has 0 atom stereocenters. The number of aromatic hydroxyl groups is 1. The van der Waals surface area contributed by atoms with Crippen LogP contribution in [0, 0.1) is 5.41 Å². The molecule has 2 N–H and O–H groups in total. The molecule has 1 amide bonds. The summed E-state index contributed by atoms with van der Waals surface area (Å²) in [5, 5.41) is 19.4. The summed E-state index contributed by atoms with van der Waals surface area (Å²) < 4.78 is 5.56. The molecule has 2 aromatic carbocycles. The van der Waals surface area contributed by atoms with Gasteiger partial charge in [0.05, 0.1) is 13.2 Å². The molecule has 1 heterocycles. The van der Waals surface area contributed by atoms with Crippen molar-refractivity contribution in [2.75, 3.05) is 20.2 Å². The Morgan fingerprint density at radius 1 is 1.21 bits per heavy atom. The van der Waals surface area contributed by atoms with Crippen LogP contribution < -0.4 is 4.74 Å². The van der Waals surface area contributed by atoms with Crippen molar-refractivity contribution < 1.29 is 19.4 Å². The number of phenols is 1. The zero-order chi connectivity index (χ0) is 24.5. The number of Topliss-reactive ketones (excluding diaryl/α,β-unsaturated/α-hetero) is 1. The maximum Gasteiger partial charge on any atom is 0.219 e. The number of ketones is 1. The van der Waals surface area contributed by atoms with Gasteiger partial charge in [0.25, 0.3) is 0 Å². The lowest BCUT2D eigenvalue weighted by atomic mass is 9.83. The molecule has 0 unspecified atom stereocenters. The van der Waals surface area contributed by atoms with Gasteiger partial charge in [-0.15, -0.1) is 0 Å². The Balaban J connectivity index is 1.88. The van der Waals surface area contributed by atoms with Crippen molar-refractivity contribution in [2.24, 2.45) is 0 Å². The number of fused-ring (bicyclic) bond motifs is 1. The van der Waals surface area contributed by atoms with Gasteiger partial charge in [-0.25, -0.2) is 0 Å². The van der Waals surface area contributed by atoms with Gasteiger partial charge in [-0.2, -0.15) is 0 Å². The minimum atomic E-state index is -0.393. The number of phenolic OH excluding ortho intramolecular Hbond substituents is 1. The van der Waals surface area contributed by atoms with Crippen molar-refractivity contribution in [3.8, 4) is 11.5 Å². The van der Waals surface area contributed by atoms with Crippen LogP contribution in [0.25, 0.3) is 0 Å². The molecule has 3 rings (SSSR count). The van der Waals surface area contributed by atoms with E-state index in [4.69, 9.17) is 10.1 Å². The van der Waals surface area contributed by atoms with Crippen LogP contribution in [0.15, 0.2) is 30.3 Å². The number of hydrogen-bond donors (Lipinski definition) is 2. The average Bonchev–Trinajstić information content (AvgIpc) is 3.03. The molecule has 7 nitrogen and oxygen atoms in total. The molecule has 0 fully saturated rings. The number of nitrogens with zero attached hydrogens (tertiary/aromatic N) is 2. The monoisotopic (exact) mass is 451 g/mol. The first-order valence-electron chi connectivity index (χ1n) is 11.1. The minimum Gasteiger partial charge on any atom is -0.507 e. The van der Waals surface area contributed by atoms with E-state index in [0.717, 1.165) is 16.9 Å². The second-order valence-corrected chi connectivity index (χ2v) is 9.54. The van der Waals surface area contributed by atoms with Crippen LogP contribution >= 0.6 is 0 Å². The number of carbonyl (C=O) groups is 2. The second kappa shape index (κ2) is 9.25. The van der Waals surface area contributed by atoms with Crippen molar-refractivity contribution >= 4 is 17.5 Å². The number of hydrogen-bond acceptors (Lipinski definition) is 5. The molecule has 1 aliphatic heterocycles. The Morgan fingerprint density at radius 3 is 2.52 bits per heavy atom. The van der Waals surface area contributed by atoms with Gasteiger partial charge in [-0.1, -0.05) is 20.8 Å². The van der Waals surface area contributed by atoms with E-state index in [9.17, 15) is 14.7 Å². The number of benzene rings is 2. The summed E-state index contributed by atoms with van der Waals surface area (Å²) in [7, 11) is 1.66. The minimum absolute atomic E-state index is 0.0494. The lowest BCUT2D eigenvalue weighted by molar-refractivity contribution is -0.128. The quantitative estimate of drug-likeness (QED) is 0.619. The van der Waals surface area contributed by atoms with Gasteiger partial charge < -0.3 is 19.6 Å². The summed E-state index contributed by atoms with van der Waals surface area (Å²) in [4.78, 5) is 28.3. The molecule has 33 heavy (non-hydrogen) atoms. The Morgan fingerprint density at radius 2 is 1.91 bits per heavy atom. The van der Waals surface area contributed by atoms with Crippen LogP contribution in [-0.4, -0.2) is 52.6 Å². The van der Waals surface area contributed by atoms with Crippen molar-refractivity contribution in [2.45, 2.75) is 53.1 Å². The highest BCUT2D eigenvalue weighted by Crippen LogP contribution is 2.35. The van der Waals surface area contributed by atoms with Crippen LogP contribution in [0.4, 0.5) is 0 Å². The lowest BCUT2D eigenvalue weighted by Gasteiger charge is -2.25. The Hall–Kier alpha value is -3.35. The van der Waals surface area contributed by atoms with Gasteiger partial charge in [0.1, 0.15) is 17.3 Å². The summed E-state index contributed by atoms with van der Waals surface area (Å²) in [5.41, 5.74) is 3.02. The van der Waals surface area contributed by atoms with Gasteiger partial charge >= 0.3 is 0 Å². The number of nitrogens with one attached hydrogen (secondary N) is 1. The molecule has 0 bridgehead atoms. The summed E-state index contributed by atoms with van der Waals surface area (Å²) in [6, 6.07) is 9.02. The summed E-state index contributed by atoms with van der Waals surface area (Å²) in [6.45, 7) is 10.6. The van der Waals surface area contributed by atoms with Gasteiger partial charge in [0, 0.05) is 49.3 Å². The molecule has 0 aliphatic carbocycles. The van der Waals surface area contributed by atoms with Gasteiger partial charge in [-0.05, 0) is 48.2 Å². The van der Waals surface area contributed by atoms with E-state index < -0.39 is 5.41 Å². The zero-order valence-electron chi connectivity index (χ0n) is 20.3. The molecule has 2 aromatic rings. The van der Waals surface area contributed by atoms with Crippen LogP contribution in [-0.2, 0) is 23.3 Å². The molecule has 1 aliphatic rings. The van der Waals surface area contributed by atoms with E-state index in [2.05, 4.69) is 0 Å². The topological polar surface area (TPSA) is 93.9 Å².